The Morgan fingerprint density at radius 3 is 2.62 bits per heavy atom. The van der Waals surface area contributed by atoms with Gasteiger partial charge in [0.15, 0.2) is 17.3 Å². The predicted octanol–water partition coefficient (Wildman–Crippen LogP) is 2.40. The molecule has 9 nitrogen and oxygen atoms in total. The number of hydrogen-bond acceptors (Lipinski definition) is 7. The van der Waals surface area contributed by atoms with E-state index in [2.05, 4.69) is 20.4 Å². The van der Waals surface area contributed by atoms with E-state index in [1.807, 2.05) is 47.4 Å². The molecule has 164 valence electrons. The number of carbonyl (C=O) groups excluding carboxylic acids is 1. The lowest BCUT2D eigenvalue weighted by molar-refractivity contribution is -0.127. The molecule has 10 heteroatoms. The highest BCUT2D eigenvalue weighted by Crippen LogP contribution is 2.32. The first kappa shape index (κ1) is 20.5. The number of rotatable bonds is 5. The number of aromatic nitrogens is 4. The quantitative estimate of drug-likeness (QED) is 0.549. The third-order valence-electron chi connectivity index (χ3n) is 5.47. The molecular formula is C22H21ClN6O3. The van der Waals surface area contributed by atoms with Crippen LogP contribution in [0.2, 0.25) is 5.02 Å². The second kappa shape index (κ2) is 8.97. The van der Waals surface area contributed by atoms with Gasteiger partial charge in [0.05, 0.1) is 12.2 Å². The Morgan fingerprint density at radius 1 is 1.03 bits per heavy atom. The first-order valence-corrected chi connectivity index (χ1v) is 10.7. The number of tetrazole rings is 1. The number of halogens is 1. The third-order valence-corrected chi connectivity index (χ3v) is 5.72. The van der Waals surface area contributed by atoms with Crippen molar-refractivity contribution in [2.24, 2.45) is 0 Å². The Kier molecular flexibility index (Phi) is 5.74. The van der Waals surface area contributed by atoms with Crippen molar-refractivity contribution >= 4 is 23.6 Å². The number of ether oxygens (including phenoxy) is 2. The average Bonchev–Trinajstić information content (AvgIpc) is 3.47. The second-order valence-corrected chi connectivity index (χ2v) is 7.97. The summed E-state index contributed by atoms with van der Waals surface area (Å²) in [5, 5.41) is 12.7. The molecule has 0 atom stereocenters. The summed E-state index contributed by atoms with van der Waals surface area (Å²) in [6.45, 7) is 3.62. The van der Waals surface area contributed by atoms with E-state index in [4.69, 9.17) is 21.1 Å². The fourth-order valence-electron chi connectivity index (χ4n) is 3.70. The molecule has 1 fully saturated rings. The molecule has 0 bridgehead atoms. The van der Waals surface area contributed by atoms with Gasteiger partial charge < -0.3 is 14.4 Å². The molecule has 3 heterocycles. The number of carbonyl (C=O) groups is 1. The number of fused-ring (bicyclic) bond motifs is 1. The fourth-order valence-corrected chi connectivity index (χ4v) is 3.83. The van der Waals surface area contributed by atoms with Crippen molar-refractivity contribution in [2.75, 3.05) is 33.0 Å². The van der Waals surface area contributed by atoms with Gasteiger partial charge >= 0.3 is 0 Å². The van der Waals surface area contributed by atoms with Crippen LogP contribution in [0.5, 0.6) is 11.5 Å². The second-order valence-electron chi connectivity index (χ2n) is 7.53. The lowest BCUT2D eigenvalue weighted by atomic mass is 10.2. The Bertz CT molecular complexity index is 1140. The van der Waals surface area contributed by atoms with Crippen LogP contribution in [0, 0.1) is 0 Å². The van der Waals surface area contributed by atoms with E-state index in [1.54, 1.807) is 16.8 Å². The number of hydrogen-bond donors (Lipinski definition) is 0. The number of benzene rings is 2. The standard InChI is InChI=1S/C22H21ClN6O3/c23-17-3-5-18(6-4-17)29-21(24-25-26-29)14-27-9-11-28(12-10-27)22(30)8-2-16-1-7-19-20(13-16)32-15-31-19/h1-8,13H,9-12,14-15H2/b8-2-. The summed E-state index contributed by atoms with van der Waals surface area (Å²) in [4.78, 5) is 16.7. The van der Waals surface area contributed by atoms with Gasteiger partial charge in [0.2, 0.25) is 12.7 Å². The van der Waals surface area contributed by atoms with Gasteiger partial charge in [-0.05, 0) is 58.5 Å². The maximum atomic E-state index is 12.6. The maximum Gasteiger partial charge on any atom is 0.246 e. The minimum absolute atomic E-state index is 0.00619. The molecule has 5 rings (SSSR count). The van der Waals surface area contributed by atoms with Gasteiger partial charge in [-0.15, -0.1) is 5.10 Å². The van der Waals surface area contributed by atoms with Crippen molar-refractivity contribution in [3.05, 3.63) is 65.0 Å². The highest BCUT2D eigenvalue weighted by atomic mass is 35.5. The Hall–Kier alpha value is -3.43. The number of piperazine rings is 1. The zero-order chi connectivity index (χ0) is 21.9. The Labute approximate surface area is 189 Å². The molecule has 0 saturated carbocycles. The van der Waals surface area contributed by atoms with E-state index in [1.165, 1.54) is 0 Å². The van der Waals surface area contributed by atoms with Crippen molar-refractivity contribution in [3.8, 4) is 17.2 Å². The molecule has 0 radical (unpaired) electrons. The van der Waals surface area contributed by atoms with Crippen LogP contribution in [0.4, 0.5) is 0 Å². The van der Waals surface area contributed by atoms with E-state index >= 15 is 0 Å². The molecule has 0 aliphatic carbocycles. The van der Waals surface area contributed by atoms with Crippen LogP contribution in [0.15, 0.2) is 48.5 Å². The van der Waals surface area contributed by atoms with Crippen LogP contribution in [-0.2, 0) is 11.3 Å². The van der Waals surface area contributed by atoms with Crippen molar-refractivity contribution in [3.63, 3.8) is 0 Å². The van der Waals surface area contributed by atoms with Gasteiger partial charge in [-0.1, -0.05) is 17.7 Å². The molecule has 0 spiro atoms. The summed E-state index contributed by atoms with van der Waals surface area (Å²) in [5.41, 5.74) is 1.76. The molecule has 3 aromatic rings. The SMILES string of the molecule is O=C(/C=C\c1ccc2c(c1)OCO2)N1CCN(Cc2nnnn2-c2ccc(Cl)cc2)CC1. The fraction of sp³-hybridized carbons (Fsp3) is 0.273. The summed E-state index contributed by atoms with van der Waals surface area (Å²) in [7, 11) is 0. The molecular weight excluding hydrogens is 432 g/mol. The molecule has 1 amide bonds. The van der Waals surface area contributed by atoms with E-state index in [0.717, 1.165) is 35.9 Å². The minimum atomic E-state index is -0.00619. The van der Waals surface area contributed by atoms with Crippen LogP contribution in [0.25, 0.3) is 11.8 Å². The van der Waals surface area contributed by atoms with Crippen LogP contribution in [0.1, 0.15) is 11.4 Å². The molecule has 1 saturated heterocycles. The van der Waals surface area contributed by atoms with E-state index in [0.29, 0.717) is 30.4 Å². The van der Waals surface area contributed by atoms with Crippen molar-refractivity contribution in [1.29, 1.82) is 0 Å². The first-order chi connectivity index (χ1) is 15.7. The van der Waals surface area contributed by atoms with Crippen LogP contribution in [0.3, 0.4) is 0 Å². The number of nitrogens with zero attached hydrogens (tertiary/aromatic N) is 6. The highest BCUT2D eigenvalue weighted by molar-refractivity contribution is 6.30. The smallest absolute Gasteiger partial charge is 0.246 e. The summed E-state index contributed by atoms with van der Waals surface area (Å²) < 4.78 is 12.4. The zero-order valence-electron chi connectivity index (χ0n) is 17.2. The van der Waals surface area contributed by atoms with Crippen LogP contribution < -0.4 is 9.47 Å². The lowest BCUT2D eigenvalue weighted by Gasteiger charge is -2.33. The van der Waals surface area contributed by atoms with Gasteiger partial charge in [0.25, 0.3) is 0 Å². The van der Waals surface area contributed by atoms with Gasteiger partial charge in [-0.3, -0.25) is 9.69 Å². The van der Waals surface area contributed by atoms with E-state index < -0.39 is 0 Å². The molecule has 0 unspecified atom stereocenters. The maximum absolute atomic E-state index is 12.6. The normalized spacial score (nSPS) is 16.1. The molecule has 2 aliphatic rings. The van der Waals surface area contributed by atoms with Crippen molar-refractivity contribution < 1.29 is 14.3 Å². The van der Waals surface area contributed by atoms with Crippen molar-refractivity contribution in [2.45, 2.75) is 6.54 Å². The minimum Gasteiger partial charge on any atom is -0.454 e. The monoisotopic (exact) mass is 452 g/mol. The van der Waals surface area contributed by atoms with Crippen molar-refractivity contribution in [1.82, 2.24) is 30.0 Å². The van der Waals surface area contributed by atoms with Gasteiger partial charge in [-0.2, -0.15) is 4.68 Å². The lowest BCUT2D eigenvalue weighted by Crippen LogP contribution is -2.48. The van der Waals surface area contributed by atoms with Gasteiger partial charge in [-0.25, -0.2) is 0 Å². The number of amides is 1. The summed E-state index contributed by atoms with van der Waals surface area (Å²) >= 11 is 5.97. The van der Waals surface area contributed by atoms with E-state index in [9.17, 15) is 4.79 Å². The third kappa shape index (κ3) is 4.44. The van der Waals surface area contributed by atoms with Gasteiger partial charge in [0.1, 0.15) is 0 Å². The Morgan fingerprint density at radius 2 is 1.81 bits per heavy atom. The predicted molar refractivity (Wildman–Crippen MR) is 118 cm³/mol. The Balaban J connectivity index is 1.16. The first-order valence-electron chi connectivity index (χ1n) is 10.3. The largest absolute Gasteiger partial charge is 0.454 e. The highest BCUT2D eigenvalue weighted by Gasteiger charge is 2.22. The van der Waals surface area contributed by atoms with Crippen LogP contribution in [-0.4, -0.2) is 68.9 Å². The molecule has 2 aromatic carbocycles. The summed E-state index contributed by atoms with van der Waals surface area (Å²) in [6.07, 6.45) is 3.41. The average molecular weight is 453 g/mol. The summed E-state index contributed by atoms with van der Waals surface area (Å²) in [5.74, 6) is 2.17. The van der Waals surface area contributed by atoms with Gasteiger partial charge in [0, 0.05) is 37.3 Å². The molecule has 2 aliphatic heterocycles. The molecule has 32 heavy (non-hydrogen) atoms. The topological polar surface area (TPSA) is 85.6 Å². The zero-order valence-corrected chi connectivity index (χ0v) is 18.0. The molecule has 0 N–H and O–H groups in total. The van der Waals surface area contributed by atoms with Crippen LogP contribution >= 0.6 is 11.6 Å². The van der Waals surface area contributed by atoms with E-state index in [-0.39, 0.29) is 12.7 Å². The summed E-state index contributed by atoms with van der Waals surface area (Å²) in [6, 6.07) is 13.0. The molecule has 1 aromatic heterocycles.